The first-order valence-electron chi connectivity index (χ1n) is 6.61. The Kier molecular flexibility index (Phi) is 4.61. The summed E-state index contributed by atoms with van der Waals surface area (Å²) in [5, 5.41) is 23.0. The van der Waals surface area contributed by atoms with Crippen molar-refractivity contribution in [3.63, 3.8) is 0 Å². The minimum atomic E-state index is -1.28. The first-order chi connectivity index (χ1) is 10.8. The Morgan fingerprint density at radius 2 is 1.39 bits per heavy atom. The maximum Gasteiger partial charge on any atom is 0.335 e. The van der Waals surface area contributed by atoms with Crippen LogP contribution in [0.1, 0.15) is 26.3 Å². The summed E-state index contributed by atoms with van der Waals surface area (Å²) in [7, 11) is 0. The van der Waals surface area contributed by atoms with E-state index in [0.717, 1.165) is 11.6 Å². The number of benzene rings is 2. The molecule has 0 aliphatic carbocycles. The van der Waals surface area contributed by atoms with Gasteiger partial charge in [0.2, 0.25) is 0 Å². The molecule has 0 bridgehead atoms. The number of rotatable bonds is 4. The third kappa shape index (κ3) is 4.31. The second-order valence-electron chi connectivity index (χ2n) is 4.86. The summed E-state index contributed by atoms with van der Waals surface area (Å²) >= 11 is 0. The van der Waals surface area contributed by atoms with Gasteiger partial charge in [0, 0.05) is 11.4 Å². The van der Waals surface area contributed by atoms with E-state index in [1.807, 2.05) is 13.0 Å². The van der Waals surface area contributed by atoms with Crippen molar-refractivity contribution in [3.05, 3.63) is 59.2 Å². The van der Waals surface area contributed by atoms with Gasteiger partial charge in [-0.05, 0) is 42.8 Å². The number of carbonyl (C=O) groups is 3. The van der Waals surface area contributed by atoms with Gasteiger partial charge in [-0.3, -0.25) is 0 Å². The molecule has 0 spiro atoms. The number of hydrogen-bond acceptors (Lipinski definition) is 3. The highest BCUT2D eigenvalue weighted by molar-refractivity contribution is 6.02. The number of aryl methyl sites for hydroxylation is 1. The number of carboxylic acids is 2. The minimum Gasteiger partial charge on any atom is -0.478 e. The molecule has 118 valence electrons. The molecule has 4 N–H and O–H groups in total. The first kappa shape index (κ1) is 16.0. The second-order valence-corrected chi connectivity index (χ2v) is 4.86. The molecule has 0 saturated carbocycles. The van der Waals surface area contributed by atoms with Crippen LogP contribution in [0, 0.1) is 6.92 Å². The largest absolute Gasteiger partial charge is 0.478 e. The molecule has 0 fully saturated rings. The molecule has 2 rings (SSSR count). The number of amides is 2. The molecule has 0 heterocycles. The zero-order valence-electron chi connectivity index (χ0n) is 12.2. The van der Waals surface area contributed by atoms with Crippen molar-refractivity contribution in [1.82, 2.24) is 0 Å². The van der Waals surface area contributed by atoms with E-state index in [0.29, 0.717) is 5.69 Å². The molecular formula is C16H14N2O5. The molecule has 2 aromatic carbocycles. The fourth-order valence-electron chi connectivity index (χ4n) is 1.96. The van der Waals surface area contributed by atoms with Crippen molar-refractivity contribution in [3.8, 4) is 0 Å². The van der Waals surface area contributed by atoms with Crippen LogP contribution in [0.25, 0.3) is 0 Å². The lowest BCUT2D eigenvalue weighted by atomic mass is 10.1. The Balaban J connectivity index is 2.20. The van der Waals surface area contributed by atoms with E-state index in [1.165, 1.54) is 12.1 Å². The van der Waals surface area contributed by atoms with E-state index in [-0.39, 0.29) is 16.8 Å². The highest BCUT2D eigenvalue weighted by Gasteiger charge is 2.13. The van der Waals surface area contributed by atoms with Gasteiger partial charge in [0.1, 0.15) is 0 Å². The minimum absolute atomic E-state index is 0.0763. The molecule has 0 unspecified atom stereocenters. The SMILES string of the molecule is Cc1cccc(NC(=O)Nc2cc(C(=O)O)cc(C(=O)O)c2)c1. The van der Waals surface area contributed by atoms with Gasteiger partial charge in [-0.2, -0.15) is 0 Å². The lowest BCUT2D eigenvalue weighted by Gasteiger charge is -2.10. The molecule has 7 heteroatoms. The predicted molar refractivity (Wildman–Crippen MR) is 84.2 cm³/mol. The average molecular weight is 314 g/mol. The molecule has 0 aliphatic rings. The van der Waals surface area contributed by atoms with E-state index in [4.69, 9.17) is 10.2 Å². The van der Waals surface area contributed by atoms with Crippen molar-refractivity contribution in [1.29, 1.82) is 0 Å². The van der Waals surface area contributed by atoms with E-state index >= 15 is 0 Å². The van der Waals surface area contributed by atoms with E-state index < -0.39 is 18.0 Å². The fraction of sp³-hybridized carbons (Fsp3) is 0.0625. The van der Waals surface area contributed by atoms with E-state index in [9.17, 15) is 14.4 Å². The van der Waals surface area contributed by atoms with Crippen LogP contribution in [0.15, 0.2) is 42.5 Å². The van der Waals surface area contributed by atoms with Crippen LogP contribution in [0.5, 0.6) is 0 Å². The normalized spacial score (nSPS) is 9.96. The Labute approximate surface area is 131 Å². The number of anilines is 2. The van der Waals surface area contributed by atoms with Crippen LogP contribution in [0.3, 0.4) is 0 Å². The molecule has 0 aromatic heterocycles. The third-order valence-electron chi connectivity index (χ3n) is 2.96. The third-order valence-corrected chi connectivity index (χ3v) is 2.96. The smallest absolute Gasteiger partial charge is 0.335 e. The molecule has 23 heavy (non-hydrogen) atoms. The van der Waals surface area contributed by atoms with Crippen LogP contribution in [0.4, 0.5) is 16.2 Å². The van der Waals surface area contributed by atoms with Gasteiger partial charge < -0.3 is 20.8 Å². The van der Waals surface area contributed by atoms with Crippen LogP contribution < -0.4 is 10.6 Å². The summed E-state index contributed by atoms with van der Waals surface area (Å²) in [6, 6.07) is 9.90. The van der Waals surface area contributed by atoms with Crippen molar-refractivity contribution in [2.24, 2.45) is 0 Å². The summed E-state index contributed by atoms with van der Waals surface area (Å²) in [4.78, 5) is 34.0. The predicted octanol–water partition coefficient (Wildman–Crippen LogP) is 3.04. The lowest BCUT2D eigenvalue weighted by molar-refractivity contribution is 0.0696. The Morgan fingerprint density at radius 3 is 1.91 bits per heavy atom. The van der Waals surface area contributed by atoms with E-state index in [2.05, 4.69) is 10.6 Å². The van der Waals surface area contributed by atoms with Crippen LogP contribution in [-0.4, -0.2) is 28.2 Å². The van der Waals surface area contributed by atoms with Gasteiger partial charge in [0.05, 0.1) is 11.1 Å². The summed E-state index contributed by atoms with van der Waals surface area (Å²) in [5.41, 5.74) is 1.15. The van der Waals surface area contributed by atoms with Gasteiger partial charge >= 0.3 is 18.0 Å². The van der Waals surface area contributed by atoms with Gasteiger partial charge in [-0.25, -0.2) is 14.4 Å². The fourth-order valence-corrected chi connectivity index (χ4v) is 1.96. The monoisotopic (exact) mass is 314 g/mol. The summed E-state index contributed by atoms with van der Waals surface area (Å²) in [5.74, 6) is -2.56. The van der Waals surface area contributed by atoms with Crippen molar-refractivity contribution in [2.75, 3.05) is 10.6 Å². The zero-order chi connectivity index (χ0) is 17.0. The molecule has 0 radical (unpaired) electrons. The Morgan fingerprint density at radius 1 is 0.826 bits per heavy atom. The number of nitrogens with one attached hydrogen (secondary N) is 2. The Hall–Kier alpha value is -3.35. The van der Waals surface area contributed by atoms with Crippen molar-refractivity contribution < 1.29 is 24.6 Å². The number of urea groups is 1. The molecule has 2 aromatic rings. The van der Waals surface area contributed by atoms with Gasteiger partial charge in [0.25, 0.3) is 0 Å². The van der Waals surface area contributed by atoms with Gasteiger partial charge in [0.15, 0.2) is 0 Å². The van der Waals surface area contributed by atoms with Crippen LogP contribution in [-0.2, 0) is 0 Å². The van der Waals surface area contributed by atoms with Crippen LogP contribution in [0.2, 0.25) is 0 Å². The maximum atomic E-state index is 11.9. The lowest BCUT2D eigenvalue weighted by Crippen LogP contribution is -2.20. The summed E-state index contributed by atoms with van der Waals surface area (Å²) < 4.78 is 0. The average Bonchev–Trinajstić information content (AvgIpc) is 2.46. The Bertz CT molecular complexity index is 754. The summed E-state index contributed by atoms with van der Waals surface area (Å²) in [6.07, 6.45) is 0. The van der Waals surface area contributed by atoms with Gasteiger partial charge in [-0.1, -0.05) is 12.1 Å². The van der Waals surface area contributed by atoms with Gasteiger partial charge in [-0.15, -0.1) is 0 Å². The molecule has 0 aliphatic heterocycles. The topological polar surface area (TPSA) is 116 Å². The number of carbonyl (C=O) groups excluding carboxylic acids is 1. The first-order valence-corrected chi connectivity index (χ1v) is 6.61. The standard InChI is InChI=1S/C16H14N2O5/c1-9-3-2-4-12(5-9)17-16(23)18-13-7-10(14(19)20)6-11(8-13)15(21)22/h2-8H,1H3,(H,19,20)(H,21,22)(H2,17,18,23). The zero-order valence-corrected chi connectivity index (χ0v) is 12.2. The highest BCUT2D eigenvalue weighted by atomic mass is 16.4. The molecule has 0 saturated heterocycles. The number of carboxylic acid groups (broad SMARTS) is 2. The summed E-state index contributed by atoms with van der Waals surface area (Å²) in [6.45, 7) is 1.87. The second kappa shape index (κ2) is 6.61. The maximum absolute atomic E-state index is 11.9. The molecular weight excluding hydrogens is 300 g/mol. The molecule has 2 amide bonds. The highest BCUT2D eigenvalue weighted by Crippen LogP contribution is 2.16. The molecule has 0 atom stereocenters. The van der Waals surface area contributed by atoms with Crippen molar-refractivity contribution >= 4 is 29.3 Å². The van der Waals surface area contributed by atoms with Crippen molar-refractivity contribution in [2.45, 2.75) is 6.92 Å². The quantitative estimate of drug-likeness (QED) is 0.692. The van der Waals surface area contributed by atoms with Crippen LogP contribution >= 0.6 is 0 Å². The number of hydrogen-bond donors (Lipinski definition) is 4. The molecule has 7 nitrogen and oxygen atoms in total. The number of aromatic carboxylic acids is 2. The van der Waals surface area contributed by atoms with E-state index in [1.54, 1.807) is 18.2 Å².